The SMILES string of the molecule is CC(C)(C)NCc1cncn1CCN1CCCC1. The summed E-state index contributed by atoms with van der Waals surface area (Å²) in [6, 6.07) is 0. The number of likely N-dealkylation sites (tertiary alicyclic amines) is 1. The van der Waals surface area contributed by atoms with Gasteiger partial charge in [0, 0.05) is 31.4 Å². The zero-order valence-electron chi connectivity index (χ0n) is 11.9. The van der Waals surface area contributed by atoms with E-state index >= 15 is 0 Å². The summed E-state index contributed by atoms with van der Waals surface area (Å²) in [4.78, 5) is 6.82. The van der Waals surface area contributed by atoms with Gasteiger partial charge in [-0.15, -0.1) is 0 Å². The maximum atomic E-state index is 4.27. The Kier molecular flexibility index (Phi) is 4.40. The summed E-state index contributed by atoms with van der Waals surface area (Å²) in [7, 11) is 0. The van der Waals surface area contributed by atoms with E-state index in [0.29, 0.717) is 0 Å². The number of aromatic nitrogens is 2. The highest BCUT2D eigenvalue weighted by molar-refractivity contribution is 4.99. The van der Waals surface area contributed by atoms with Crippen LogP contribution >= 0.6 is 0 Å². The Labute approximate surface area is 110 Å². The lowest BCUT2D eigenvalue weighted by atomic mass is 10.1. The number of nitrogens with zero attached hydrogens (tertiary/aromatic N) is 3. The van der Waals surface area contributed by atoms with Crippen LogP contribution in [0.5, 0.6) is 0 Å². The Bertz CT molecular complexity index is 358. The number of hydrogen-bond acceptors (Lipinski definition) is 3. The lowest BCUT2D eigenvalue weighted by Gasteiger charge is -2.21. The van der Waals surface area contributed by atoms with Crippen molar-refractivity contribution in [2.24, 2.45) is 0 Å². The molecule has 1 aromatic heterocycles. The maximum Gasteiger partial charge on any atom is 0.0949 e. The van der Waals surface area contributed by atoms with Crippen molar-refractivity contribution >= 4 is 0 Å². The third kappa shape index (κ3) is 4.10. The number of hydrogen-bond donors (Lipinski definition) is 1. The van der Waals surface area contributed by atoms with E-state index < -0.39 is 0 Å². The van der Waals surface area contributed by atoms with E-state index in [1.807, 2.05) is 12.5 Å². The zero-order chi connectivity index (χ0) is 13.0. The Morgan fingerprint density at radius 2 is 1.94 bits per heavy atom. The van der Waals surface area contributed by atoms with Gasteiger partial charge in [0.25, 0.3) is 0 Å². The number of nitrogens with one attached hydrogen (secondary N) is 1. The van der Waals surface area contributed by atoms with E-state index in [4.69, 9.17) is 0 Å². The maximum absolute atomic E-state index is 4.27. The Morgan fingerprint density at radius 3 is 2.61 bits per heavy atom. The molecule has 0 amide bonds. The van der Waals surface area contributed by atoms with Gasteiger partial charge in [-0.3, -0.25) is 0 Å². The normalized spacial score (nSPS) is 17.5. The molecule has 0 bridgehead atoms. The summed E-state index contributed by atoms with van der Waals surface area (Å²) in [5.74, 6) is 0. The summed E-state index contributed by atoms with van der Waals surface area (Å²) < 4.78 is 2.27. The van der Waals surface area contributed by atoms with Crippen LogP contribution in [0.2, 0.25) is 0 Å². The molecule has 1 saturated heterocycles. The smallest absolute Gasteiger partial charge is 0.0949 e. The molecule has 1 N–H and O–H groups in total. The van der Waals surface area contributed by atoms with E-state index in [-0.39, 0.29) is 5.54 Å². The highest BCUT2D eigenvalue weighted by Crippen LogP contribution is 2.08. The first-order valence-corrected chi connectivity index (χ1v) is 7.01. The molecule has 0 atom stereocenters. The summed E-state index contributed by atoms with van der Waals surface area (Å²) in [5.41, 5.74) is 1.44. The molecule has 4 nitrogen and oxygen atoms in total. The predicted octanol–water partition coefficient (Wildman–Crippen LogP) is 1.87. The van der Waals surface area contributed by atoms with Crippen LogP contribution in [-0.4, -0.2) is 39.6 Å². The average Bonchev–Trinajstić information content (AvgIpc) is 2.94. The lowest BCUT2D eigenvalue weighted by molar-refractivity contribution is 0.319. The minimum Gasteiger partial charge on any atom is -0.332 e. The zero-order valence-corrected chi connectivity index (χ0v) is 11.9. The quantitative estimate of drug-likeness (QED) is 0.866. The van der Waals surface area contributed by atoms with Gasteiger partial charge in [0.2, 0.25) is 0 Å². The van der Waals surface area contributed by atoms with E-state index in [1.165, 1.54) is 31.6 Å². The van der Waals surface area contributed by atoms with Crippen molar-refractivity contribution in [2.45, 2.75) is 52.2 Å². The largest absolute Gasteiger partial charge is 0.332 e. The number of imidazole rings is 1. The van der Waals surface area contributed by atoms with Crippen LogP contribution < -0.4 is 5.32 Å². The van der Waals surface area contributed by atoms with Gasteiger partial charge in [-0.2, -0.15) is 0 Å². The molecule has 0 spiro atoms. The number of rotatable bonds is 5. The molecule has 18 heavy (non-hydrogen) atoms. The van der Waals surface area contributed by atoms with Gasteiger partial charge in [0.05, 0.1) is 12.0 Å². The van der Waals surface area contributed by atoms with Crippen molar-refractivity contribution in [3.05, 3.63) is 18.2 Å². The monoisotopic (exact) mass is 250 g/mol. The lowest BCUT2D eigenvalue weighted by Crippen LogP contribution is -2.36. The third-order valence-corrected chi connectivity index (χ3v) is 3.45. The van der Waals surface area contributed by atoms with Crippen LogP contribution in [0.1, 0.15) is 39.3 Å². The molecule has 2 heterocycles. The van der Waals surface area contributed by atoms with E-state index in [0.717, 1.165) is 19.6 Å². The van der Waals surface area contributed by atoms with Gasteiger partial charge in [-0.25, -0.2) is 4.98 Å². The van der Waals surface area contributed by atoms with E-state index in [1.54, 1.807) is 0 Å². The first kappa shape index (κ1) is 13.6. The second kappa shape index (κ2) is 5.85. The molecule has 1 aromatic rings. The van der Waals surface area contributed by atoms with Crippen LogP contribution in [-0.2, 0) is 13.1 Å². The van der Waals surface area contributed by atoms with Crippen LogP contribution in [0, 0.1) is 0 Å². The Hall–Kier alpha value is -0.870. The molecule has 102 valence electrons. The molecular formula is C14H26N4. The molecule has 0 saturated carbocycles. The fourth-order valence-electron chi connectivity index (χ4n) is 2.31. The second-order valence-corrected chi connectivity index (χ2v) is 6.23. The second-order valence-electron chi connectivity index (χ2n) is 6.23. The van der Waals surface area contributed by atoms with Crippen molar-refractivity contribution in [3.63, 3.8) is 0 Å². The van der Waals surface area contributed by atoms with E-state index in [2.05, 4.69) is 40.5 Å². The average molecular weight is 250 g/mol. The Balaban J connectivity index is 1.83. The highest BCUT2D eigenvalue weighted by Gasteiger charge is 2.13. The summed E-state index contributed by atoms with van der Waals surface area (Å²) in [5, 5.41) is 3.52. The molecular weight excluding hydrogens is 224 g/mol. The van der Waals surface area contributed by atoms with Crippen molar-refractivity contribution < 1.29 is 0 Å². The van der Waals surface area contributed by atoms with Crippen LogP contribution in [0.15, 0.2) is 12.5 Å². The molecule has 2 rings (SSSR count). The van der Waals surface area contributed by atoms with Gasteiger partial charge in [0.15, 0.2) is 0 Å². The van der Waals surface area contributed by atoms with Crippen molar-refractivity contribution in [3.8, 4) is 0 Å². The minimum atomic E-state index is 0.157. The first-order chi connectivity index (χ1) is 8.54. The molecule has 0 radical (unpaired) electrons. The molecule has 1 fully saturated rings. The van der Waals surface area contributed by atoms with Crippen molar-refractivity contribution in [1.29, 1.82) is 0 Å². The molecule has 1 aliphatic rings. The highest BCUT2D eigenvalue weighted by atomic mass is 15.2. The van der Waals surface area contributed by atoms with Crippen LogP contribution in [0.3, 0.4) is 0 Å². The van der Waals surface area contributed by atoms with Gasteiger partial charge in [-0.1, -0.05) is 0 Å². The third-order valence-electron chi connectivity index (χ3n) is 3.45. The molecule has 0 unspecified atom stereocenters. The van der Waals surface area contributed by atoms with E-state index in [9.17, 15) is 0 Å². The minimum absolute atomic E-state index is 0.157. The molecule has 1 aliphatic heterocycles. The van der Waals surface area contributed by atoms with Gasteiger partial charge >= 0.3 is 0 Å². The summed E-state index contributed by atoms with van der Waals surface area (Å²) >= 11 is 0. The van der Waals surface area contributed by atoms with Gasteiger partial charge < -0.3 is 14.8 Å². The molecule has 0 aliphatic carbocycles. The fourth-order valence-corrected chi connectivity index (χ4v) is 2.31. The van der Waals surface area contributed by atoms with Crippen molar-refractivity contribution in [1.82, 2.24) is 19.8 Å². The van der Waals surface area contributed by atoms with Gasteiger partial charge in [-0.05, 0) is 46.7 Å². The summed E-state index contributed by atoms with van der Waals surface area (Å²) in [6.07, 6.45) is 6.66. The molecule has 0 aromatic carbocycles. The van der Waals surface area contributed by atoms with Gasteiger partial charge in [0.1, 0.15) is 0 Å². The Morgan fingerprint density at radius 1 is 1.22 bits per heavy atom. The summed E-state index contributed by atoms with van der Waals surface area (Å²) in [6.45, 7) is 12.2. The standard InChI is InChI=1S/C14H26N4/c1-14(2,3)16-11-13-10-15-12-18(13)9-8-17-6-4-5-7-17/h10,12,16H,4-9,11H2,1-3H3. The van der Waals surface area contributed by atoms with Crippen LogP contribution in [0.25, 0.3) is 0 Å². The fraction of sp³-hybridized carbons (Fsp3) is 0.786. The van der Waals surface area contributed by atoms with Crippen molar-refractivity contribution in [2.75, 3.05) is 19.6 Å². The predicted molar refractivity (Wildman–Crippen MR) is 74.5 cm³/mol. The molecule has 4 heteroatoms. The first-order valence-electron chi connectivity index (χ1n) is 7.01. The van der Waals surface area contributed by atoms with Crippen LogP contribution in [0.4, 0.5) is 0 Å². The topological polar surface area (TPSA) is 33.1 Å².